The van der Waals surface area contributed by atoms with Gasteiger partial charge in [0.25, 0.3) is 11.7 Å². The Morgan fingerprint density at radius 1 is 1.19 bits per heavy atom. The third-order valence-corrected chi connectivity index (χ3v) is 4.82. The summed E-state index contributed by atoms with van der Waals surface area (Å²) in [6.07, 6.45) is 3.55. The third-order valence-electron chi connectivity index (χ3n) is 3.54. The van der Waals surface area contributed by atoms with Crippen LogP contribution >= 0.6 is 23.4 Å². The van der Waals surface area contributed by atoms with Gasteiger partial charge in [-0.1, -0.05) is 41.6 Å². The molecule has 26 heavy (non-hydrogen) atoms. The van der Waals surface area contributed by atoms with E-state index in [1.165, 1.54) is 6.07 Å². The summed E-state index contributed by atoms with van der Waals surface area (Å²) in [6.45, 7) is 0.596. The second-order valence-electron chi connectivity index (χ2n) is 5.35. The lowest BCUT2D eigenvalue weighted by Crippen LogP contribution is -2.13. The maximum atomic E-state index is 12.7. The van der Waals surface area contributed by atoms with Crippen LogP contribution in [0.5, 0.6) is 0 Å². The van der Waals surface area contributed by atoms with Crippen LogP contribution in [0, 0.1) is 0 Å². The van der Waals surface area contributed by atoms with Crippen LogP contribution in [0.15, 0.2) is 65.8 Å². The van der Waals surface area contributed by atoms with Crippen LogP contribution in [-0.2, 0) is 6.54 Å². The Balaban J connectivity index is 1.73. The van der Waals surface area contributed by atoms with E-state index < -0.39 is 11.7 Å². The van der Waals surface area contributed by atoms with Gasteiger partial charge >= 0.3 is 0 Å². The van der Waals surface area contributed by atoms with Crippen molar-refractivity contribution in [2.45, 2.75) is 17.2 Å². The molecule has 1 amide bonds. The molecule has 3 rings (SSSR count). The quantitative estimate of drug-likeness (QED) is 0.589. The molecule has 0 saturated carbocycles. The van der Waals surface area contributed by atoms with Gasteiger partial charge in [0.15, 0.2) is 0 Å². The van der Waals surface area contributed by atoms with Gasteiger partial charge < -0.3 is 5.32 Å². The van der Waals surface area contributed by atoms with Crippen molar-refractivity contribution in [3.63, 3.8) is 0 Å². The number of hydrogen-bond donors (Lipinski definition) is 1. The molecule has 0 radical (unpaired) electrons. The lowest BCUT2D eigenvalue weighted by atomic mass is 10.1. The van der Waals surface area contributed by atoms with Gasteiger partial charge in [0, 0.05) is 18.0 Å². The number of nitrogens with one attached hydrogen (secondary N) is 1. The maximum Gasteiger partial charge on any atom is 0.289 e. The fourth-order valence-electron chi connectivity index (χ4n) is 2.35. The molecule has 0 atom stereocenters. The SMILES string of the molecule is O=C(Nc1cccc(Cl)c1SC(F)F)c1ccc(Cn2cccn2)cc1. The molecule has 0 aliphatic heterocycles. The number of thioether (sulfide) groups is 1. The zero-order valence-electron chi connectivity index (χ0n) is 13.4. The van der Waals surface area contributed by atoms with Gasteiger partial charge in [-0.25, -0.2) is 0 Å². The minimum absolute atomic E-state index is 0.146. The molecule has 0 spiro atoms. The Morgan fingerprint density at radius 3 is 2.62 bits per heavy atom. The van der Waals surface area contributed by atoms with E-state index in [9.17, 15) is 13.6 Å². The van der Waals surface area contributed by atoms with Crippen LogP contribution in [0.4, 0.5) is 14.5 Å². The number of benzene rings is 2. The third kappa shape index (κ3) is 4.62. The Morgan fingerprint density at radius 2 is 1.96 bits per heavy atom. The van der Waals surface area contributed by atoms with Gasteiger partial charge in [0.05, 0.1) is 22.2 Å². The van der Waals surface area contributed by atoms with Crippen molar-refractivity contribution in [2.24, 2.45) is 0 Å². The first-order valence-electron chi connectivity index (χ1n) is 7.64. The molecule has 0 bridgehead atoms. The second kappa shape index (κ2) is 8.33. The van der Waals surface area contributed by atoms with E-state index in [4.69, 9.17) is 11.6 Å². The molecular formula is C18H14ClF2N3OS. The molecule has 4 nitrogen and oxygen atoms in total. The number of carbonyl (C=O) groups excluding carboxylic acids is 1. The molecule has 0 aliphatic rings. The minimum atomic E-state index is -2.63. The summed E-state index contributed by atoms with van der Waals surface area (Å²) >= 11 is 6.28. The van der Waals surface area contributed by atoms with Crippen molar-refractivity contribution in [2.75, 3.05) is 5.32 Å². The monoisotopic (exact) mass is 393 g/mol. The molecule has 0 unspecified atom stereocenters. The van der Waals surface area contributed by atoms with E-state index in [2.05, 4.69) is 10.4 Å². The summed E-state index contributed by atoms with van der Waals surface area (Å²) in [5.41, 5.74) is 1.66. The Labute approximate surface area is 158 Å². The van der Waals surface area contributed by atoms with Crippen LogP contribution in [0.25, 0.3) is 0 Å². The average molecular weight is 394 g/mol. The second-order valence-corrected chi connectivity index (χ2v) is 6.76. The zero-order chi connectivity index (χ0) is 18.5. The number of carbonyl (C=O) groups is 1. The molecule has 0 aliphatic carbocycles. The summed E-state index contributed by atoms with van der Waals surface area (Å²) in [6, 6.07) is 13.5. The van der Waals surface area contributed by atoms with Gasteiger partial charge in [-0.15, -0.1) is 0 Å². The molecular weight excluding hydrogens is 380 g/mol. The van der Waals surface area contributed by atoms with E-state index in [-0.39, 0.29) is 15.6 Å². The summed E-state index contributed by atoms with van der Waals surface area (Å²) < 4.78 is 27.2. The topological polar surface area (TPSA) is 46.9 Å². The van der Waals surface area contributed by atoms with Crippen LogP contribution in [-0.4, -0.2) is 21.4 Å². The fraction of sp³-hybridized carbons (Fsp3) is 0.111. The summed E-state index contributed by atoms with van der Waals surface area (Å²) in [7, 11) is 0. The van der Waals surface area contributed by atoms with Crippen LogP contribution in [0.1, 0.15) is 15.9 Å². The average Bonchev–Trinajstić information content (AvgIpc) is 3.11. The fourth-order valence-corrected chi connectivity index (χ4v) is 3.27. The highest BCUT2D eigenvalue weighted by Crippen LogP contribution is 2.37. The molecule has 0 saturated heterocycles. The Kier molecular flexibility index (Phi) is 5.90. The van der Waals surface area contributed by atoms with Crippen molar-refractivity contribution in [1.82, 2.24) is 9.78 Å². The van der Waals surface area contributed by atoms with Crippen molar-refractivity contribution in [3.05, 3.63) is 77.1 Å². The lowest BCUT2D eigenvalue weighted by molar-refractivity contribution is 0.102. The largest absolute Gasteiger partial charge is 0.321 e. The molecule has 3 aromatic rings. The number of nitrogens with zero attached hydrogens (tertiary/aromatic N) is 2. The number of halogens is 3. The first-order chi connectivity index (χ1) is 12.5. The molecule has 2 aromatic carbocycles. The van der Waals surface area contributed by atoms with Crippen LogP contribution in [0.2, 0.25) is 5.02 Å². The minimum Gasteiger partial charge on any atom is -0.321 e. The van der Waals surface area contributed by atoms with E-state index >= 15 is 0 Å². The predicted octanol–water partition coefficient (Wildman–Crippen LogP) is 5.15. The Hall–Kier alpha value is -2.38. The van der Waals surface area contributed by atoms with Crippen molar-refractivity contribution >= 4 is 35.0 Å². The summed E-state index contributed by atoms with van der Waals surface area (Å²) in [4.78, 5) is 12.6. The van der Waals surface area contributed by atoms with Crippen molar-refractivity contribution < 1.29 is 13.6 Å². The molecule has 1 aromatic heterocycles. The van der Waals surface area contributed by atoms with Gasteiger partial charge in [0.1, 0.15) is 0 Å². The number of anilines is 1. The van der Waals surface area contributed by atoms with E-state index in [1.54, 1.807) is 35.1 Å². The summed E-state index contributed by atoms with van der Waals surface area (Å²) in [5, 5.41) is 6.94. The van der Waals surface area contributed by atoms with E-state index in [0.717, 1.165) is 5.56 Å². The van der Waals surface area contributed by atoms with Gasteiger partial charge in [0.2, 0.25) is 0 Å². The maximum absolute atomic E-state index is 12.7. The molecule has 1 N–H and O–H groups in total. The summed E-state index contributed by atoms with van der Waals surface area (Å²) in [5.74, 6) is -3.03. The Bertz CT molecular complexity index is 886. The molecule has 134 valence electrons. The van der Waals surface area contributed by atoms with Crippen LogP contribution in [0.3, 0.4) is 0 Å². The molecule has 8 heteroatoms. The van der Waals surface area contributed by atoms with Crippen molar-refractivity contribution in [3.8, 4) is 0 Å². The first kappa shape index (κ1) is 18.4. The number of amides is 1. The highest BCUT2D eigenvalue weighted by atomic mass is 35.5. The predicted molar refractivity (Wildman–Crippen MR) is 99.0 cm³/mol. The highest BCUT2D eigenvalue weighted by Gasteiger charge is 2.16. The van der Waals surface area contributed by atoms with Gasteiger partial charge in [-0.05, 0) is 35.9 Å². The smallest absolute Gasteiger partial charge is 0.289 e. The highest BCUT2D eigenvalue weighted by molar-refractivity contribution is 7.99. The van der Waals surface area contributed by atoms with E-state index in [0.29, 0.717) is 23.9 Å². The van der Waals surface area contributed by atoms with E-state index in [1.807, 2.05) is 24.4 Å². The first-order valence-corrected chi connectivity index (χ1v) is 8.90. The number of alkyl halides is 2. The van der Waals surface area contributed by atoms with Crippen LogP contribution < -0.4 is 5.32 Å². The van der Waals surface area contributed by atoms with Gasteiger partial charge in [-0.2, -0.15) is 13.9 Å². The van der Waals surface area contributed by atoms with Gasteiger partial charge in [-0.3, -0.25) is 9.48 Å². The number of rotatable bonds is 6. The van der Waals surface area contributed by atoms with Crippen molar-refractivity contribution in [1.29, 1.82) is 0 Å². The molecule has 0 fully saturated rings. The standard InChI is InChI=1S/C18H14ClF2N3OS/c19-14-3-1-4-15(16(14)26-18(20)21)23-17(25)13-7-5-12(6-8-13)11-24-10-2-9-22-24/h1-10,18H,11H2,(H,23,25). The number of hydrogen-bond acceptors (Lipinski definition) is 3. The lowest BCUT2D eigenvalue weighted by Gasteiger charge is -2.12. The normalized spacial score (nSPS) is 10.9. The zero-order valence-corrected chi connectivity index (χ0v) is 15.0. The molecule has 1 heterocycles. The number of aromatic nitrogens is 2.